The number of pyridine rings is 1. The largest absolute Gasteiger partial charge is 0.393 e. The second-order valence-corrected chi connectivity index (χ2v) is 3.28. The van der Waals surface area contributed by atoms with Crippen LogP contribution in [0.4, 0.5) is 11.4 Å². The first-order valence-electron chi connectivity index (χ1n) is 4.39. The lowest BCUT2D eigenvalue weighted by molar-refractivity contribution is -0.384. The van der Waals surface area contributed by atoms with E-state index in [2.05, 4.69) is 4.98 Å². The van der Waals surface area contributed by atoms with E-state index in [1.807, 2.05) is 19.1 Å². The van der Waals surface area contributed by atoms with Gasteiger partial charge in [0, 0.05) is 5.39 Å². The van der Waals surface area contributed by atoms with Crippen molar-refractivity contribution in [2.24, 2.45) is 0 Å². The number of fused-ring (bicyclic) bond motifs is 1. The lowest BCUT2D eigenvalue weighted by Crippen LogP contribution is -1.98. The molecule has 0 aliphatic heterocycles. The molecule has 1 aromatic heterocycles. The molecule has 0 radical (unpaired) electrons. The monoisotopic (exact) mass is 203 g/mol. The summed E-state index contributed by atoms with van der Waals surface area (Å²) in [7, 11) is 0. The second-order valence-electron chi connectivity index (χ2n) is 3.28. The Balaban J connectivity index is 2.89. The number of nitrogens with zero attached hydrogens (tertiary/aromatic N) is 2. The highest BCUT2D eigenvalue weighted by Crippen LogP contribution is 2.30. The first kappa shape index (κ1) is 9.39. The zero-order chi connectivity index (χ0) is 11.0. The predicted octanol–water partition coefficient (Wildman–Crippen LogP) is 2.03. The van der Waals surface area contributed by atoms with Crippen LogP contribution in [0.5, 0.6) is 0 Å². The van der Waals surface area contributed by atoms with Crippen molar-refractivity contribution in [2.75, 3.05) is 5.73 Å². The number of aromatic nitrogens is 1. The van der Waals surface area contributed by atoms with Crippen LogP contribution in [0, 0.1) is 17.0 Å². The zero-order valence-electron chi connectivity index (χ0n) is 8.10. The Hall–Kier alpha value is -2.17. The van der Waals surface area contributed by atoms with Crippen molar-refractivity contribution in [3.05, 3.63) is 40.1 Å². The molecule has 0 unspecified atom stereocenters. The molecule has 1 heterocycles. The van der Waals surface area contributed by atoms with Gasteiger partial charge in [0.25, 0.3) is 0 Å². The van der Waals surface area contributed by atoms with Crippen LogP contribution in [0.2, 0.25) is 0 Å². The van der Waals surface area contributed by atoms with Crippen LogP contribution in [0.3, 0.4) is 0 Å². The van der Waals surface area contributed by atoms with Crippen LogP contribution < -0.4 is 5.73 Å². The Labute approximate surface area is 85.7 Å². The molecule has 2 N–H and O–H groups in total. The molecule has 0 bridgehead atoms. The minimum atomic E-state index is -0.520. The summed E-state index contributed by atoms with van der Waals surface area (Å²) < 4.78 is 0. The number of anilines is 1. The Kier molecular flexibility index (Phi) is 2.00. The van der Waals surface area contributed by atoms with E-state index >= 15 is 0 Å². The fraction of sp³-hybridized carbons (Fsp3) is 0.100. The molecule has 0 spiro atoms. The van der Waals surface area contributed by atoms with Gasteiger partial charge in [0.1, 0.15) is 11.9 Å². The van der Waals surface area contributed by atoms with Gasteiger partial charge < -0.3 is 5.73 Å². The van der Waals surface area contributed by atoms with Crippen molar-refractivity contribution in [3.63, 3.8) is 0 Å². The minimum absolute atomic E-state index is 0.142. The zero-order valence-corrected chi connectivity index (χ0v) is 8.10. The lowest BCUT2D eigenvalue weighted by atomic mass is 10.1. The number of hydrogen-bond acceptors (Lipinski definition) is 4. The third kappa shape index (κ3) is 1.38. The highest BCUT2D eigenvalue weighted by Gasteiger charge is 2.15. The van der Waals surface area contributed by atoms with E-state index in [0.29, 0.717) is 10.9 Å². The van der Waals surface area contributed by atoms with Crippen LogP contribution >= 0.6 is 0 Å². The summed E-state index contributed by atoms with van der Waals surface area (Å²) in [6.07, 6.45) is 1.19. The first-order valence-corrected chi connectivity index (χ1v) is 4.39. The molecule has 5 nitrogen and oxygen atoms in total. The van der Waals surface area contributed by atoms with Crippen molar-refractivity contribution in [1.82, 2.24) is 4.98 Å². The van der Waals surface area contributed by atoms with Crippen LogP contribution in [0.1, 0.15) is 5.56 Å². The van der Waals surface area contributed by atoms with Crippen LogP contribution in [0.25, 0.3) is 10.9 Å². The van der Waals surface area contributed by atoms with Gasteiger partial charge in [0.15, 0.2) is 0 Å². The summed E-state index contributed by atoms with van der Waals surface area (Å²) in [4.78, 5) is 14.1. The third-order valence-corrected chi connectivity index (χ3v) is 2.32. The Morgan fingerprint density at radius 3 is 2.87 bits per heavy atom. The first-order chi connectivity index (χ1) is 7.11. The van der Waals surface area contributed by atoms with E-state index in [-0.39, 0.29) is 11.4 Å². The second kappa shape index (κ2) is 3.20. The summed E-state index contributed by atoms with van der Waals surface area (Å²) in [6.45, 7) is 1.85. The highest BCUT2D eigenvalue weighted by atomic mass is 16.6. The molecule has 0 saturated carbocycles. The average molecular weight is 203 g/mol. The van der Waals surface area contributed by atoms with E-state index in [0.717, 1.165) is 5.56 Å². The molecule has 0 aliphatic carbocycles. The minimum Gasteiger partial charge on any atom is -0.393 e. The van der Waals surface area contributed by atoms with E-state index in [4.69, 9.17) is 5.73 Å². The molecular formula is C10H9N3O2. The maximum absolute atomic E-state index is 10.7. The van der Waals surface area contributed by atoms with E-state index in [9.17, 15) is 10.1 Å². The van der Waals surface area contributed by atoms with Crippen molar-refractivity contribution in [2.45, 2.75) is 6.92 Å². The van der Waals surface area contributed by atoms with Gasteiger partial charge in [-0.3, -0.25) is 10.1 Å². The molecule has 2 rings (SSSR count). The maximum Gasteiger partial charge on any atom is 0.310 e. The standard InChI is InChI=1S/C10H9N3O2/c1-6-3-2-4-7-9(6)10(11)8(5-12-7)13(14)15/h2-5H,1H3,(H2,11,12). The molecule has 15 heavy (non-hydrogen) atoms. The van der Waals surface area contributed by atoms with Crippen LogP contribution in [-0.2, 0) is 0 Å². The van der Waals surface area contributed by atoms with Crippen molar-refractivity contribution in [1.29, 1.82) is 0 Å². The Morgan fingerprint density at radius 1 is 1.47 bits per heavy atom. The molecule has 0 fully saturated rings. The fourth-order valence-electron chi connectivity index (χ4n) is 1.58. The normalized spacial score (nSPS) is 10.5. The van der Waals surface area contributed by atoms with Crippen LogP contribution in [-0.4, -0.2) is 9.91 Å². The predicted molar refractivity (Wildman–Crippen MR) is 57.5 cm³/mol. The summed E-state index contributed by atoms with van der Waals surface area (Å²) in [5, 5.41) is 11.3. The van der Waals surface area contributed by atoms with E-state index in [1.165, 1.54) is 6.20 Å². The number of benzene rings is 1. The average Bonchev–Trinajstić information content (AvgIpc) is 2.17. The summed E-state index contributed by atoms with van der Waals surface area (Å²) in [5.41, 5.74) is 7.35. The van der Waals surface area contributed by atoms with E-state index in [1.54, 1.807) is 6.07 Å². The molecule has 0 aliphatic rings. The van der Waals surface area contributed by atoms with Crippen molar-refractivity contribution >= 4 is 22.3 Å². The van der Waals surface area contributed by atoms with Gasteiger partial charge in [-0.05, 0) is 18.6 Å². The van der Waals surface area contributed by atoms with Crippen molar-refractivity contribution in [3.8, 4) is 0 Å². The Bertz CT molecular complexity index is 552. The molecule has 0 saturated heterocycles. The molecule has 76 valence electrons. The van der Waals surface area contributed by atoms with Gasteiger partial charge in [0.05, 0.1) is 10.4 Å². The number of hydrogen-bond donors (Lipinski definition) is 1. The maximum atomic E-state index is 10.7. The number of aryl methyl sites for hydroxylation is 1. The third-order valence-electron chi connectivity index (χ3n) is 2.32. The summed E-state index contributed by atoms with van der Waals surface area (Å²) in [5.74, 6) is 0. The fourth-order valence-corrected chi connectivity index (χ4v) is 1.58. The smallest absolute Gasteiger partial charge is 0.310 e. The quantitative estimate of drug-likeness (QED) is 0.567. The van der Waals surface area contributed by atoms with Gasteiger partial charge in [-0.1, -0.05) is 12.1 Å². The van der Waals surface area contributed by atoms with Gasteiger partial charge in [-0.25, -0.2) is 4.98 Å². The number of nitro groups is 1. The van der Waals surface area contributed by atoms with E-state index < -0.39 is 4.92 Å². The van der Waals surface area contributed by atoms with Crippen LogP contribution in [0.15, 0.2) is 24.4 Å². The molecular weight excluding hydrogens is 194 g/mol. The SMILES string of the molecule is Cc1cccc2ncc([N+](=O)[O-])c(N)c12. The molecule has 1 aromatic carbocycles. The van der Waals surface area contributed by atoms with Gasteiger partial charge >= 0.3 is 5.69 Å². The van der Waals surface area contributed by atoms with Gasteiger partial charge in [-0.15, -0.1) is 0 Å². The topological polar surface area (TPSA) is 82.0 Å². The molecule has 5 heteroatoms. The number of nitrogen functional groups attached to an aromatic ring is 1. The summed E-state index contributed by atoms with van der Waals surface area (Å²) in [6, 6.07) is 5.47. The molecule has 0 atom stereocenters. The molecule has 0 amide bonds. The highest BCUT2D eigenvalue weighted by molar-refractivity contribution is 5.96. The van der Waals surface area contributed by atoms with Crippen molar-refractivity contribution < 1.29 is 4.92 Å². The number of nitrogens with two attached hydrogens (primary N) is 1. The van der Waals surface area contributed by atoms with Gasteiger partial charge in [0.2, 0.25) is 0 Å². The lowest BCUT2D eigenvalue weighted by Gasteiger charge is -2.04. The Morgan fingerprint density at radius 2 is 2.20 bits per heavy atom. The summed E-state index contributed by atoms with van der Waals surface area (Å²) >= 11 is 0. The number of rotatable bonds is 1. The molecule has 2 aromatic rings. The van der Waals surface area contributed by atoms with Gasteiger partial charge in [-0.2, -0.15) is 0 Å².